The summed E-state index contributed by atoms with van der Waals surface area (Å²) in [5.41, 5.74) is 7.01. The average Bonchev–Trinajstić information content (AvgIpc) is 2.40. The van der Waals surface area contributed by atoms with Crippen LogP contribution in [-0.4, -0.2) is 49.1 Å². The second kappa shape index (κ2) is 6.09. The second-order valence-corrected chi connectivity index (χ2v) is 5.55. The van der Waals surface area contributed by atoms with Crippen LogP contribution in [0.3, 0.4) is 0 Å². The van der Waals surface area contributed by atoms with Gasteiger partial charge in [-0.3, -0.25) is 5.41 Å². The van der Waals surface area contributed by atoms with Crippen molar-refractivity contribution in [2.24, 2.45) is 5.73 Å². The van der Waals surface area contributed by atoms with Gasteiger partial charge in [0.15, 0.2) is 5.96 Å². The molecule has 4 N–H and O–H groups in total. The van der Waals surface area contributed by atoms with Crippen LogP contribution in [0.1, 0.15) is 18.5 Å². The lowest BCUT2D eigenvalue weighted by Crippen LogP contribution is -2.45. The van der Waals surface area contributed by atoms with E-state index in [2.05, 4.69) is 34.2 Å². The van der Waals surface area contributed by atoms with E-state index in [1.54, 1.807) is 0 Å². The standard InChI is InChI=1S/C14H24N6/c1-10-12(18-14(15)16)6-7-13(17-10)20-8-4-5-11(9-20)19(2)3/h6-7,11H,4-5,8-9H2,1-3H3,(H4,15,16,18). The molecule has 1 aromatic heterocycles. The van der Waals surface area contributed by atoms with Gasteiger partial charge in [0.1, 0.15) is 5.82 Å². The number of pyridine rings is 1. The van der Waals surface area contributed by atoms with Gasteiger partial charge >= 0.3 is 0 Å². The molecule has 1 fully saturated rings. The van der Waals surface area contributed by atoms with Crippen LogP contribution in [-0.2, 0) is 0 Å². The van der Waals surface area contributed by atoms with Gasteiger partial charge in [-0.05, 0) is 46.0 Å². The lowest BCUT2D eigenvalue weighted by Gasteiger charge is -2.37. The number of hydrogen-bond donors (Lipinski definition) is 3. The monoisotopic (exact) mass is 276 g/mol. The minimum Gasteiger partial charge on any atom is -0.370 e. The number of rotatable bonds is 3. The fourth-order valence-electron chi connectivity index (χ4n) is 2.59. The van der Waals surface area contributed by atoms with Gasteiger partial charge in [-0.1, -0.05) is 0 Å². The van der Waals surface area contributed by atoms with Crippen LogP contribution >= 0.6 is 0 Å². The Morgan fingerprint density at radius 3 is 2.85 bits per heavy atom. The lowest BCUT2D eigenvalue weighted by atomic mass is 10.0. The highest BCUT2D eigenvalue weighted by molar-refractivity contribution is 5.90. The number of aromatic nitrogens is 1. The number of nitrogens with zero attached hydrogens (tertiary/aromatic N) is 3. The summed E-state index contributed by atoms with van der Waals surface area (Å²) < 4.78 is 0. The van der Waals surface area contributed by atoms with Crippen molar-refractivity contribution < 1.29 is 0 Å². The van der Waals surface area contributed by atoms with Crippen molar-refractivity contribution >= 4 is 17.5 Å². The van der Waals surface area contributed by atoms with E-state index in [-0.39, 0.29) is 5.96 Å². The molecule has 1 aliphatic rings. The van der Waals surface area contributed by atoms with E-state index in [1.807, 2.05) is 19.1 Å². The zero-order valence-electron chi connectivity index (χ0n) is 12.5. The second-order valence-electron chi connectivity index (χ2n) is 5.55. The van der Waals surface area contributed by atoms with Gasteiger partial charge in [0.25, 0.3) is 0 Å². The topological polar surface area (TPSA) is 81.3 Å². The van der Waals surface area contributed by atoms with Crippen LogP contribution in [0.4, 0.5) is 11.5 Å². The Morgan fingerprint density at radius 1 is 1.50 bits per heavy atom. The molecular formula is C14H24N6. The number of likely N-dealkylation sites (N-methyl/N-ethyl adjacent to an activating group) is 1. The van der Waals surface area contributed by atoms with Crippen molar-refractivity contribution in [2.45, 2.75) is 25.8 Å². The molecule has 0 bridgehead atoms. The van der Waals surface area contributed by atoms with E-state index in [0.717, 1.165) is 30.3 Å². The molecule has 0 aliphatic carbocycles. The van der Waals surface area contributed by atoms with Crippen molar-refractivity contribution in [3.63, 3.8) is 0 Å². The van der Waals surface area contributed by atoms with Crippen LogP contribution in [0.5, 0.6) is 0 Å². The highest BCUT2D eigenvalue weighted by atomic mass is 15.2. The first kappa shape index (κ1) is 14.6. The van der Waals surface area contributed by atoms with E-state index >= 15 is 0 Å². The maximum atomic E-state index is 7.27. The third kappa shape index (κ3) is 3.39. The first-order valence-corrected chi connectivity index (χ1v) is 6.97. The zero-order chi connectivity index (χ0) is 14.7. The van der Waals surface area contributed by atoms with E-state index in [0.29, 0.717) is 6.04 Å². The van der Waals surface area contributed by atoms with Gasteiger partial charge in [-0.25, -0.2) is 4.98 Å². The number of hydrogen-bond acceptors (Lipinski definition) is 4. The van der Waals surface area contributed by atoms with Crippen LogP contribution in [0.25, 0.3) is 0 Å². The summed E-state index contributed by atoms with van der Waals surface area (Å²) in [4.78, 5) is 9.25. The zero-order valence-corrected chi connectivity index (χ0v) is 12.5. The third-order valence-electron chi connectivity index (χ3n) is 3.79. The molecule has 1 aromatic rings. The van der Waals surface area contributed by atoms with Crippen molar-refractivity contribution in [1.29, 1.82) is 5.41 Å². The smallest absolute Gasteiger partial charge is 0.190 e. The Morgan fingerprint density at radius 2 is 2.25 bits per heavy atom. The lowest BCUT2D eigenvalue weighted by molar-refractivity contribution is 0.257. The van der Waals surface area contributed by atoms with Gasteiger partial charge in [0.2, 0.25) is 0 Å². The number of anilines is 2. The van der Waals surface area contributed by atoms with Gasteiger partial charge < -0.3 is 20.9 Å². The summed E-state index contributed by atoms with van der Waals surface area (Å²) in [5, 5.41) is 10.1. The molecule has 0 amide bonds. The summed E-state index contributed by atoms with van der Waals surface area (Å²) in [5.74, 6) is 0.941. The van der Waals surface area contributed by atoms with Crippen LogP contribution in [0, 0.1) is 12.3 Å². The molecular weight excluding hydrogens is 252 g/mol. The van der Waals surface area contributed by atoms with Gasteiger partial charge in [0.05, 0.1) is 11.4 Å². The molecule has 0 saturated carbocycles. The fourth-order valence-corrected chi connectivity index (χ4v) is 2.59. The normalized spacial score (nSPS) is 19.2. The van der Waals surface area contributed by atoms with E-state index < -0.39 is 0 Å². The van der Waals surface area contributed by atoms with Crippen molar-refractivity contribution in [3.8, 4) is 0 Å². The molecule has 110 valence electrons. The maximum absolute atomic E-state index is 7.27. The van der Waals surface area contributed by atoms with Crippen molar-refractivity contribution in [1.82, 2.24) is 9.88 Å². The molecule has 6 nitrogen and oxygen atoms in total. The molecule has 6 heteroatoms. The van der Waals surface area contributed by atoms with E-state index in [4.69, 9.17) is 11.1 Å². The number of piperidine rings is 1. The highest BCUT2D eigenvalue weighted by Crippen LogP contribution is 2.23. The summed E-state index contributed by atoms with van der Waals surface area (Å²) in [6, 6.07) is 4.52. The van der Waals surface area contributed by atoms with Crippen molar-refractivity contribution in [2.75, 3.05) is 37.4 Å². The Balaban J connectivity index is 2.12. The fraction of sp³-hybridized carbons (Fsp3) is 0.571. The largest absolute Gasteiger partial charge is 0.370 e. The molecule has 1 saturated heterocycles. The third-order valence-corrected chi connectivity index (χ3v) is 3.79. The first-order chi connectivity index (χ1) is 9.47. The van der Waals surface area contributed by atoms with E-state index in [1.165, 1.54) is 12.8 Å². The van der Waals surface area contributed by atoms with Gasteiger partial charge in [-0.15, -0.1) is 0 Å². The summed E-state index contributed by atoms with van der Waals surface area (Å²) in [6.07, 6.45) is 2.43. The van der Waals surface area contributed by atoms with Crippen LogP contribution in [0.15, 0.2) is 12.1 Å². The minimum absolute atomic E-state index is 0.0618. The summed E-state index contributed by atoms with van der Waals surface area (Å²) >= 11 is 0. The molecule has 1 unspecified atom stereocenters. The number of nitrogens with one attached hydrogen (secondary N) is 2. The minimum atomic E-state index is -0.0618. The number of aryl methyl sites for hydroxylation is 1. The molecule has 2 rings (SSSR count). The van der Waals surface area contributed by atoms with Crippen LogP contribution in [0.2, 0.25) is 0 Å². The molecule has 20 heavy (non-hydrogen) atoms. The van der Waals surface area contributed by atoms with Gasteiger partial charge in [-0.2, -0.15) is 0 Å². The molecule has 0 spiro atoms. The molecule has 2 heterocycles. The Labute approximate surface area is 120 Å². The molecule has 0 radical (unpaired) electrons. The Bertz CT molecular complexity index is 485. The van der Waals surface area contributed by atoms with Crippen molar-refractivity contribution in [3.05, 3.63) is 17.8 Å². The highest BCUT2D eigenvalue weighted by Gasteiger charge is 2.22. The Hall–Kier alpha value is -1.82. The summed E-state index contributed by atoms with van der Waals surface area (Å²) in [6.45, 7) is 4.00. The first-order valence-electron chi connectivity index (χ1n) is 6.97. The predicted molar refractivity (Wildman–Crippen MR) is 83.4 cm³/mol. The number of guanidine groups is 1. The summed E-state index contributed by atoms with van der Waals surface area (Å²) in [7, 11) is 4.26. The molecule has 1 atom stereocenters. The predicted octanol–water partition coefficient (Wildman–Crippen LogP) is 1.23. The molecule has 0 aromatic carbocycles. The quantitative estimate of drug-likeness (QED) is 0.571. The van der Waals surface area contributed by atoms with Crippen LogP contribution < -0.4 is 16.0 Å². The van der Waals surface area contributed by atoms with Gasteiger partial charge in [0, 0.05) is 19.1 Å². The van der Waals surface area contributed by atoms with E-state index in [9.17, 15) is 0 Å². The number of nitrogens with two attached hydrogens (primary N) is 1. The Kier molecular flexibility index (Phi) is 4.44. The SMILES string of the molecule is Cc1nc(N2CCCC(N(C)C)C2)ccc1NC(=N)N. The molecule has 1 aliphatic heterocycles. The average molecular weight is 276 g/mol. The maximum Gasteiger partial charge on any atom is 0.190 e.